The quantitative estimate of drug-likeness (QED) is 0.907. The number of aryl methyl sites for hydroxylation is 2. The van der Waals surface area contributed by atoms with E-state index in [9.17, 15) is 4.79 Å². The molecule has 0 fully saturated rings. The van der Waals surface area contributed by atoms with E-state index in [1.807, 2.05) is 20.2 Å². The molecule has 2 amide bonds. The van der Waals surface area contributed by atoms with E-state index in [1.165, 1.54) is 0 Å². The Kier molecular flexibility index (Phi) is 4.06. The van der Waals surface area contributed by atoms with Crippen molar-refractivity contribution < 1.29 is 4.79 Å². The standard InChI is InChI=1S/C13H15ClN4O/c1-9-10(8-18(2)17-9)7-15-13(19)16-12-5-3-11(14)4-6-12/h3-6,8H,7H2,1-2H3,(H2,15,16,19). The lowest BCUT2D eigenvalue weighted by molar-refractivity contribution is 0.251. The molecule has 5 nitrogen and oxygen atoms in total. The van der Waals surface area contributed by atoms with E-state index >= 15 is 0 Å². The predicted molar refractivity (Wildman–Crippen MR) is 75.3 cm³/mol. The first-order valence-electron chi connectivity index (χ1n) is 5.84. The largest absolute Gasteiger partial charge is 0.334 e. The monoisotopic (exact) mass is 278 g/mol. The summed E-state index contributed by atoms with van der Waals surface area (Å²) < 4.78 is 1.73. The number of benzene rings is 1. The van der Waals surface area contributed by atoms with Gasteiger partial charge in [-0.05, 0) is 31.2 Å². The van der Waals surface area contributed by atoms with Crippen LogP contribution in [-0.2, 0) is 13.6 Å². The number of rotatable bonds is 3. The molecule has 0 aliphatic carbocycles. The summed E-state index contributed by atoms with van der Waals surface area (Å²) in [6.45, 7) is 2.35. The first-order chi connectivity index (χ1) is 9.04. The van der Waals surface area contributed by atoms with Gasteiger partial charge in [-0.3, -0.25) is 4.68 Å². The molecule has 19 heavy (non-hydrogen) atoms. The molecule has 1 aromatic carbocycles. The Morgan fingerprint density at radius 1 is 1.37 bits per heavy atom. The zero-order valence-corrected chi connectivity index (χ0v) is 11.5. The molecule has 0 aliphatic rings. The van der Waals surface area contributed by atoms with Crippen molar-refractivity contribution in [2.24, 2.45) is 7.05 Å². The van der Waals surface area contributed by atoms with Crippen molar-refractivity contribution >= 4 is 23.3 Å². The topological polar surface area (TPSA) is 59.0 Å². The predicted octanol–water partition coefficient (Wildman–Crippen LogP) is 2.70. The lowest BCUT2D eigenvalue weighted by Crippen LogP contribution is -2.28. The van der Waals surface area contributed by atoms with Crippen LogP contribution in [0.1, 0.15) is 11.3 Å². The molecule has 1 heterocycles. The van der Waals surface area contributed by atoms with E-state index in [0.29, 0.717) is 17.3 Å². The molecule has 0 aliphatic heterocycles. The van der Waals surface area contributed by atoms with Gasteiger partial charge in [0, 0.05) is 36.1 Å². The van der Waals surface area contributed by atoms with E-state index in [1.54, 1.807) is 28.9 Å². The molecule has 2 rings (SSSR count). The number of nitrogens with one attached hydrogen (secondary N) is 2. The Morgan fingerprint density at radius 3 is 2.63 bits per heavy atom. The number of nitrogens with zero attached hydrogens (tertiary/aromatic N) is 2. The summed E-state index contributed by atoms with van der Waals surface area (Å²) in [6.07, 6.45) is 1.89. The second-order valence-corrected chi connectivity index (χ2v) is 4.66. The van der Waals surface area contributed by atoms with Crippen LogP contribution in [0.25, 0.3) is 0 Å². The van der Waals surface area contributed by atoms with Gasteiger partial charge >= 0.3 is 6.03 Å². The number of aromatic nitrogens is 2. The van der Waals surface area contributed by atoms with Crippen molar-refractivity contribution in [2.45, 2.75) is 13.5 Å². The second-order valence-electron chi connectivity index (χ2n) is 4.23. The summed E-state index contributed by atoms with van der Waals surface area (Å²) in [6, 6.07) is 6.69. The van der Waals surface area contributed by atoms with Gasteiger partial charge in [-0.15, -0.1) is 0 Å². The minimum absolute atomic E-state index is 0.259. The van der Waals surface area contributed by atoms with Crippen molar-refractivity contribution in [1.82, 2.24) is 15.1 Å². The SMILES string of the molecule is Cc1nn(C)cc1CNC(=O)Nc1ccc(Cl)cc1. The Labute approximate surface area is 116 Å². The highest BCUT2D eigenvalue weighted by atomic mass is 35.5. The molecule has 0 atom stereocenters. The molecule has 0 unspecified atom stereocenters. The van der Waals surface area contributed by atoms with E-state index in [0.717, 1.165) is 11.3 Å². The summed E-state index contributed by atoms with van der Waals surface area (Å²) in [4.78, 5) is 11.7. The zero-order chi connectivity index (χ0) is 13.8. The highest BCUT2D eigenvalue weighted by Crippen LogP contribution is 2.13. The fraction of sp³-hybridized carbons (Fsp3) is 0.231. The minimum atomic E-state index is -0.259. The molecular weight excluding hydrogens is 264 g/mol. The van der Waals surface area contributed by atoms with Crippen LogP contribution in [0.5, 0.6) is 0 Å². The Bertz CT molecular complexity index is 577. The van der Waals surface area contributed by atoms with Crippen molar-refractivity contribution in [3.05, 3.63) is 46.7 Å². The van der Waals surface area contributed by atoms with Gasteiger partial charge < -0.3 is 10.6 Å². The number of carbonyl (C=O) groups is 1. The maximum atomic E-state index is 11.7. The van der Waals surface area contributed by atoms with Crippen LogP contribution in [0, 0.1) is 6.92 Å². The van der Waals surface area contributed by atoms with Gasteiger partial charge in [0.1, 0.15) is 0 Å². The highest BCUT2D eigenvalue weighted by molar-refractivity contribution is 6.30. The Hall–Kier alpha value is -2.01. The molecule has 1 aromatic heterocycles. The first kappa shape index (κ1) is 13.4. The normalized spacial score (nSPS) is 10.3. The third-order valence-electron chi connectivity index (χ3n) is 2.66. The third kappa shape index (κ3) is 3.72. The molecule has 6 heteroatoms. The van der Waals surface area contributed by atoms with Gasteiger partial charge in [0.25, 0.3) is 0 Å². The molecule has 100 valence electrons. The van der Waals surface area contributed by atoms with Gasteiger partial charge in [0.05, 0.1) is 5.69 Å². The maximum absolute atomic E-state index is 11.7. The van der Waals surface area contributed by atoms with Crippen LogP contribution in [-0.4, -0.2) is 15.8 Å². The van der Waals surface area contributed by atoms with Gasteiger partial charge in [0.15, 0.2) is 0 Å². The van der Waals surface area contributed by atoms with Crippen molar-refractivity contribution in [3.63, 3.8) is 0 Å². The number of halogens is 1. The molecule has 2 aromatic rings. The van der Waals surface area contributed by atoms with Gasteiger partial charge in [-0.25, -0.2) is 4.79 Å². The number of hydrogen-bond donors (Lipinski definition) is 2. The number of amides is 2. The number of hydrogen-bond acceptors (Lipinski definition) is 2. The van der Waals surface area contributed by atoms with Crippen LogP contribution in [0.4, 0.5) is 10.5 Å². The molecule has 0 radical (unpaired) electrons. The number of anilines is 1. The van der Waals surface area contributed by atoms with E-state index in [-0.39, 0.29) is 6.03 Å². The van der Waals surface area contributed by atoms with Crippen molar-refractivity contribution in [2.75, 3.05) is 5.32 Å². The van der Waals surface area contributed by atoms with E-state index in [4.69, 9.17) is 11.6 Å². The summed E-state index contributed by atoms with van der Waals surface area (Å²) in [5.74, 6) is 0. The molecule has 0 saturated carbocycles. The molecule has 2 N–H and O–H groups in total. The van der Waals surface area contributed by atoms with Gasteiger partial charge in [-0.2, -0.15) is 5.10 Å². The highest BCUT2D eigenvalue weighted by Gasteiger charge is 2.05. The van der Waals surface area contributed by atoms with Crippen LogP contribution < -0.4 is 10.6 Å². The zero-order valence-electron chi connectivity index (χ0n) is 10.8. The van der Waals surface area contributed by atoms with Crippen LogP contribution in [0.3, 0.4) is 0 Å². The smallest absolute Gasteiger partial charge is 0.319 e. The molecule has 0 spiro atoms. The average Bonchev–Trinajstić information content (AvgIpc) is 2.68. The van der Waals surface area contributed by atoms with E-state index < -0.39 is 0 Å². The lowest BCUT2D eigenvalue weighted by Gasteiger charge is -2.07. The number of urea groups is 1. The van der Waals surface area contributed by atoms with Crippen LogP contribution in [0.15, 0.2) is 30.5 Å². The van der Waals surface area contributed by atoms with Crippen LogP contribution >= 0.6 is 11.6 Å². The fourth-order valence-electron chi connectivity index (χ4n) is 1.71. The second kappa shape index (κ2) is 5.75. The number of carbonyl (C=O) groups excluding carboxylic acids is 1. The lowest BCUT2D eigenvalue weighted by atomic mass is 10.3. The Balaban J connectivity index is 1.88. The van der Waals surface area contributed by atoms with Gasteiger partial charge in [-0.1, -0.05) is 11.6 Å². The van der Waals surface area contributed by atoms with Crippen molar-refractivity contribution in [1.29, 1.82) is 0 Å². The molecule has 0 bridgehead atoms. The van der Waals surface area contributed by atoms with Crippen molar-refractivity contribution in [3.8, 4) is 0 Å². The average molecular weight is 279 g/mol. The first-order valence-corrected chi connectivity index (χ1v) is 6.22. The maximum Gasteiger partial charge on any atom is 0.319 e. The summed E-state index contributed by atoms with van der Waals surface area (Å²) in [7, 11) is 1.85. The molecular formula is C13H15ClN4O. The third-order valence-corrected chi connectivity index (χ3v) is 2.91. The summed E-state index contributed by atoms with van der Waals surface area (Å²) >= 11 is 5.77. The van der Waals surface area contributed by atoms with Gasteiger partial charge in [0.2, 0.25) is 0 Å². The van der Waals surface area contributed by atoms with E-state index in [2.05, 4.69) is 15.7 Å². The summed E-state index contributed by atoms with van der Waals surface area (Å²) in [5, 5.41) is 10.4. The minimum Gasteiger partial charge on any atom is -0.334 e. The summed E-state index contributed by atoms with van der Waals surface area (Å²) in [5.41, 5.74) is 2.60. The Morgan fingerprint density at radius 2 is 2.05 bits per heavy atom. The van der Waals surface area contributed by atoms with Crippen LogP contribution in [0.2, 0.25) is 5.02 Å². The fourth-order valence-corrected chi connectivity index (χ4v) is 1.83. The molecule has 0 saturated heterocycles.